The average Bonchev–Trinajstić information content (AvgIpc) is 3.21. The summed E-state index contributed by atoms with van der Waals surface area (Å²) < 4.78 is 55.2. The van der Waals surface area contributed by atoms with Gasteiger partial charge in [0.2, 0.25) is 15.9 Å². The van der Waals surface area contributed by atoms with Gasteiger partial charge in [-0.05, 0) is 36.6 Å². The van der Waals surface area contributed by atoms with Gasteiger partial charge in [-0.1, -0.05) is 49.2 Å². The molecule has 0 aliphatic heterocycles. The summed E-state index contributed by atoms with van der Waals surface area (Å²) in [5, 5.41) is 3.79. The molecule has 2 aromatic carbocycles. The Balaban J connectivity index is 1.53. The van der Waals surface area contributed by atoms with Crippen molar-refractivity contribution in [3.05, 3.63) is 76.7 Å². The molecule has 1 saturated carbocycles. The number of hydrogen-bond acceptors (Lipinski definition) is 3. The Bertz CT molecular complexity index is 1010. The number of benzene rings is 2. The van der Waals surface area contributed by atoms with Crippen molar-refractivity contribution in [2.45, 2.75) is 37.5 Å². The molecule has 0 saturated heterocycles. The van der Waals surface area contributed by atoms with E-state index in [2.05, 4.69) is 10.0 Å². The first kappa shape index (κ1) is 23.1. The maximum atomic E-state index is 14.4. The van der Waals surface area contributed by atoms with E-state index in [-0.39, 0.29) is 31.0 Å². The Hall–Kier alpha value is -2.58. The molecule has 1 aliphatic carbocycles. The minimum Gasteiger partial charge on any atom is -0.355 e. The third-order valence-corrected chi connectivity index (χ3v) is 6.67. The molecule has 1 aliphatic rings. The van der Waals surface area contributed by atoms with E-state index < -0.39 is 27.1 Å². The monoisotopic (exact) mass is 448 g/mol. The van der Waals surface area contributed by atoms with E-state index in [4.69, 9.17) is 0 Å². The lowest BCUT2D eigenvalue weighted by Crippen LogP contribution is -2.41. The number of hydrogen-bond donors (Lipinski definition) is 2. The van der Waals surface area contributed by atoms with E-state index in [1.807, 2.05) is 6.07 Å². The zero-order chi connectivity index (χ0) is 22.3. The zero-order valence-corrected chi connectivity index (χ0v) is 17.9. The highest BCUT2D eigenvalue weighted by Crippen LogP contribution is 2.42. The maximum absolute atomic E-state index is 14.4. The van der Waals surface area contributed by atoms with E-state index in [1.54, 1.807) is 24.3 Å². The molecule has 0 heterocycles. The van der Waals surface area contributed by atoms with Gasteiger partial charge in [0, 0.05) is 35.9 Å². The first-order chi connectivity index (χ1) is 14.8. The van der Waals surface area contributed by atoms with Gasteiger partial charge in [0.1, 0.15) is 11.6 Å². The Morgan fingerprint density at radius 2 is 1.65 bits per heavy atom. The molecule has 0 atom stereocenters. The molecule has 0 spiro atoms. The number of sulfonamides is 1. The molecule has 0 radical (unpaired) electrons. The van der Waals surface area contributed by atoms with Gasteiger partial charge in [0.25, 0.3) is 0 Å². The first-order valence-corrected chi connectivity index (χ1v) is 11.8. The summed E-state index contributed by atoms with van der Waals surface area (Å²) in [5.74, 6) is -1.58. The molecule has 0 bridgehead atoms. The van der Waals surface area contributed by atoms with Crippen molar-refractivity contribution in [1.82, 2.24) is 10.0 Å². The van der Waals surface area contributed by atoms with Crippen LogP contribution in [-0.4, -0.2) is 27.4 Å². The highest BCUT2D eigenvalue weighted by atomic mass is 32.2. The molecule has 1 fully saturated rings. The van der Waals surface area contributed by atoms with Gasteiger partial charge in [-0.2, -0.15) is 0 Å². The van der Waals surface area contributed by atoms with Crippen LogP contribution in [0.1, 0.15) is 43.2 Å². The molecule has 5 nitrogen and oxygen atoms in total. The van der Waals surface area contributed by atoms with Gasteiger partial charge in [0.05, 0.1) is 0 Å². The number of amides is 1. The lowest BCUT2D eigenvalue weighted by molar-refractivity contribution is -0.121. The van der Waals surface area contributed by atoms with Gasteiger partial charge in [-0.25, -0.2) is 21.9 Å². The van der Waals surface area contributed by atoms with Crippen LogP contribution < -0.4 is 10.0 Å². The van der Waals surface area contributed by atoms with E-state index in [1.165, 1.54) is 24.3 Å². The van der Waals surface area contributed by atoms with Crippen LogP contribution in [0.3, 0.4) is 0 Å². The van der Waals surface area contributed by atoms with Gasteiger partial charge in [-0.15, -0.1) is 0 Å². The Morgan fingerprint density at radius 3 is 2.29 bits per heavy atom. The normalized spacial score (nSPS) is 15.9. The van der Waals surface area contributed by atoms with Crippen LogP contribution in [0.2, 0.25) is 0 Å². The predicted molar refractivity (Wildman–Crippen MR) is 117 cm³/mol. The van der Waals surface area contributed by atoms with Crippen molar-refractivity contribution in [3.8, 4) is 0 Å². The van der Waals surface area contributed by atoms with Gasteiger partial charge < -0.3 is 5.32 Å². The van der Waals surface area contributed by atoms with Crippen LogP contribution in [0.15, 0.2) is 53.9 Å². The molecule has 1 amide bonds. The van der Waals surface area contributed by atoms with Crippen molar-refractivity contribution in [3.63, 3.8) is 0 Å². The summed E-state index contributed by atoms with van der Waals surface area (Å²) in [7, 11) is -3.68. The quantitative estimate of drug-likeness (QED) is 0.612. The van der Waals surface area contributed by atoms with Crippen molar-refractivity contribution in [2.75, 3.05) is 13.1 Å². The number of halogens is 2. The fourth-order valence-corrected chi connectivity index (χ4v) is 4.83. The van der Waals surface area contributed by atoms with Gasteiger partial charge in [-0.3, -0.25) is 4.79 Å². The Morgan fingerprint density at radius 1 is 1.00 bits per heavy atom. The summed E-state index contributed by atoms with van der Waals surface area (Å²) in [5.41, 5.74) is -0.00404. The van der Waals surface area contributed by atoms with E-state index in [9.17, 15) is 22.0 Å². The van der Waals surface area contributed by atoms with E-state index >= 15 is 0 Å². The second kappa shape index (κ2) is 10.2. The molecule has 166 valence electrons. The predicted octanol–water partition coefficient (Wildman–Crippen LogP) is 3.87. The molecule has 8 heteroatoms. The Kier molecular flexibility index (Phi) is 7.56. The van der Waals surface area contributed by atoms with Crippen LogP contribution >= 0.6 is 0 Å². The lowest BCUT2D eigenvalue weighted by Gasteiger charge is -2.30. The first-order valence-electron chi connectivity index (χ1n) is 10.3. The summed E-state index contributed by atoms with van der Waals surface area (Å²) >= 11 is 0. The van der Waals surface area contributed by atoms with E-state index in [0.717, 1.165) is 23.8 Å². The summed E-state index contributed by atoms with van der Waals surface area (Å²) in [6.07, 6.45) is 4.22. The summed E-state index contributed by atoms with van der Waals surface area (Å²) in [6, 6.07) is 12.8. The van der Waals surface area contributed by atoms with E-state index in [0.29, 0.717) is 12.8 Å². The topological polar surface area (TPSA) is 75.3 Å². The maximum Gasteiger partial charge on any atom is 0.233 e. The highest BCUT2D eigenvalue weighted by Gasteiger charge is 2.40. The smallest absolute Gasteiger partial charge is 0.233 e. The molecule has 2 N–H and O–H groups in total. The highest BCUT2D eigenvalue weighted by molar-refractivity contribution is 7.92. The third-order valence-electron chi connectivity index (χ3n) is 5.57. The van der Waals surface area contributed by atoms with Crippen LogP contribution in [0.25, 0.3) is 6.08 Å². The number of carbonyl (C=O) groups is 1. The second-order valence-electron chi connectivity index (χ2n) is 7.76. The molecule has 2 aromatic rings. The number of nitrogens with one attached hydrogen (secondary N) is 2. The van der Waals surface area contributed by atoms with Gasteiger partial charge in [0.15, 0.2) is 0 Å². The largest absolute Gasteiger partial charge is 0.355 e. The van der Waals surface area contributed by atoms with Gasteiger partial charge >= 0.3 is 0 Å². The zero-order valence-electron chi connectivity index (χ0n) is 17.1. The fourth-order valence-electron chi connectivity index (χ4n) is 4.01. The van der Waals surface area contributed by atoms with Crippen molar-refractivity contribution >= 4 is 22.0 Å². The van der Waals surface area contributed by atoms with Crippen LogP contribution in [0.4, 0.5) is 8.78 Å². The third kappa shape index (κ3) is 6.21. The molecule has 0 unspecified atom stereocenters. The molecular weight excluding hydrogens is 422 g/mol. The molecule has 3 rings (SSSR count). The lowest BCUT2D eigenvalue weighted by atomic mass is 9.78. The van der Waals surface area contributed by atoms with Crippen LogP contribution in [0, 0.1) is 11.6 Å². The minimum absolute atomic E-state index is 0.0274. The van der Waals surface area contributed by atoms with Crippen LogP contribution in [-0.2, 0) is 20.2 Å². The summed E-state index contributed by atoms with van der Waals surface area (Å²) in [4.78, 5) is 12.3. The summed E-state index contributed by atoms with van der Waals surface area (Å²) in [6.45, 7) is 0.0404. The van der Waals surface area contributed by atoms with Crippen LogP contribution in [0.5, 0.6) is 0 Å². The van der Waals surface area contributed by atoms with Crippen molar-refractivity contribution in [1.29, 1.82) is 0 Å². The Labute approximate surface area is 181 Å². The van der Waals surface area contributed by atoms with Crippen molar-refractivity contribution in [2.24, 2.45) is 0 Å². The standard InChI is InChI=1S/C23H26F2N2O3S/c24-19-9-6-10-20(25)22(19)23(13-4-5-14-23)17-26-21(28)11-15-27-31(29,30)16-12-18-7-2-1-3-8-18/h1-3,6-10,12,16,27H,4-5,11,13-15,17H2,(H,26,28)/b16-12+. The average molecular weight is 449 g/mol. The molecule has 31 heavy (non-hydrogen) atoms. The molecule has 0 aromatic heterocycles. The minimum atomic E-state index is -3.68. The number of carbonyl (C=O) groups excluding carboxylic acids is 1. The fraction of sp³-hybridized carbons (Fsp3) is 0.348. The molecular formula is C23H26F2N2O3S. The SMILES string of the molecule is O=C(CCNS(=O)(=O)/C=C/c1ccccc1)NCC1(c2c(F)cccc2F)CCCC1. The van der Waals surface area contributed by atoms with Crippen molar-refractivity contribution < 1.29 is 22.0 Å². The second-order valence-corrected chi connectivity index (χ2v) is 9.41. The number of rotatable bonds is 9.